The molecule has 0 heterocycles. The summed E-state index contributed by atoms with van der Waals surface area (Å²) in [6.45, 7) is 2.83. The zero-order valence-electron chi connectivity index (χ0n) is 21.8. The van der Waals surface area contributed by atoms with Crippen molar-refractivity contribution in [3.05, 3.63) is 59.7 Å². The van der Waals surface area contributed by atoms with E-state index in [1.807, 2.05) is 6.92 Å². The Kier molecular flexibility index (Phi) is 11.7. The molecule has 2 aromatic carbocycles. The van der Waals surface area contributed by atoms with Crippen LogP contribution in [0.25, 0.3) is 0 Å². The van der Waals surface area contributed by atoms with Crippen molar-refractivity contribution in [1.29, 1.82) is 0 Å². The summed E-state index contributed by atoms with van der Waals surface area (Å²) < 4.78 is 0. The Balaban J connectivity index is 2.16. The fourth-order valence-electron chi connectivity index (χ4n) is 3.66. The molecule has 12 nitrogen and oxygen atoms in total. The first-order chi connectivity index (χ1) is 18.4. The SMILES string of the molecule is CCC(C)C(N)C(=O)NC(Cc1ccc(O)cc1)C(=O)NC(CO)C(=O)NC(Cc1ccc(O)cc1)C(=O)O. The molecule has 3 amide bonds. The summed E-state index contributed by atoms with van der Waals surface area (Å²) in [5.74, 6) is -3.81. The lowest BCUT2D eigenvalue weighted by Gasteiger charge is -2.25. The topological polar surface area (TPSA) is 211 Å². The van der Waals surface area contributed by atoms with Gasteiger partial charge in [-0.1, -0.05) is 44.5 Å². The van der Waals surface area contributed by atoms with Crippen LogP contribution in [0.4, 0.5) is 0 Å². The lowest BCUT2D eigenvalue weighted by Crippen LogP contribution is -2.59. The lowest BCUT2D eigenvalue weighted by atomic mass is 9.98. The fraction of sp³-hybridized carbons (Fsp3) is 0.407. The van der Waals surface area contributed by atoms with Gasteiger partial charge in [0.05, 0.1) is 12.6 Å². The van der Waals surface area contributed by atoms with Gasteiger partial charge in [0.15, 0.2) is 0 Å². The van der Waals surface area contributed by atoms with E-state index in [1.165, 1.54) is 36.4 Å². The van der Waals surface area contributed by atoms with E-state index in [0.29, 0.717) is 17.5 Å². The van der Waals surface area contributed by atoms with E-state index in [0.717, 1.165) is 0 Å². The minimum atomic E-state index is -1.51. The molecule has 0 aromatic heterocycles. The van der Waals surface area contributed by atoms with Crippen LogP contribution in [0.3, 0.4) is 0 Å². The second kappa shape index (κ2) is 14.7. The third-order valence-electron chi connectivity index (χ3n) is 6.38. The Morgan fingerprint density at radius 2 is 1.15 bits per heavy atom. The Morgan fingerprint density at radius 3 is 1.59 bits per heavy atom. The number of carbonyl (C=O) groups excluding carboxylic acids is 3. The number of nitrogens with one attached hydrogen (secondary N) is 3. The van der Waals surface area contributed by atoms with Crippen molar-refractivity contribution in [3.63, 3.8) is 0 Å². The Hall–Kier alpha value is -4.16. The number of benzene rings is 2. The zero-order valence-corrected chi connectivity index (χ0v) is 21.8. The first-order valence-corrected chi connectivity index (χ1v) is 12.5. The van der Waals surface area contributed by atoms with Gasteiger partial charge in [-0.15, -0.1) is 0 Å². The molecule has 212 valence electrons. The smallest absolute Gasteiger partial charge is 0.326 e. The molecule has 0 aliphatic rings. The molecule has 0 fully saturated rings. The molecule has 0 aliphatic carbocycles. The number of phenolic OH excluding ortho intramolecular Hbond substituents is 2. The molecule has 12 heteroatoms. The van der Waals surface area contributed by atoms with Crippen LogP contribution in [-0.4, -0.2) is 74.9 Å². The number of carboxylic acids is 1. The Morgan fingerprint density at radius 1 is 0.744 bits per heavy atom. The van der Waals surface area contributed by atoms with Crippen LogP contribution in [0.2, 0.25) is 0 Å². The summed E-state index contributed by atoms with van der Waals surface area (Å²) in [7, 11) is 0. The van der Waals surface area contributed by atoms with Crippen molar-refractivity contribution in [2.45, 2.75) is 57.3 Å². The van der Waals surface area contributed by atoms with Crippen molar-refractivity contribution in [1.82, 2.24) is 16.0 Å². The van der Waals surface area contributed by atoms with Gasteiger partial charge in [0.1, 0.15) is 29.6 Å². The second-order valence-electron chi connectivity index (χ2n) is 9.36. The highest BCUT2D eigenvalue weighted by atomic mass is 16.4. The maximum atomic E-state index is 13.2. The molecule has 0 radical (unpaired) electrons. The van der Waals surface area contributed by atoms with E-state index < -0.39 is 54.5 Å². The van der Waals surface area contributed by atoms with Gasteiger partial charge < -0.3 is 42.1 Å². The minimum Gasteiger partial charge on any atom is -0.508 e. The third-order valence-corrected chi connectivity index (χ3v) is 6.38. The van der Waals surface area contributed by atoms with Gasteiger partial charge in [-0.25, -0.2) is 4.79 Å². The van der Waals surface area contributed by atoms with E-state index >= 15 is 0 Å². The highest BCUT2D eigenvalue weighted by Gasteiger charge is 2.31. The van der Waals surface area contributed by atoms with Crippen molar-refractivity contribution in [2.24, 2.45) is 11.7 Å². The number of nitrogens with two attached hydrogens (primary N) is 1. The summed E-state index contributed by atoms with van der Waals surface area (Å²) in [5, 5.41) is 45.6. The maximum absolute atomic E-state index is 13.2. The number of phenols is 2. The Labute approximate surface area is 226 Å². The first kappa shape index (κ1) is 31.1. The number of rotatable bonds is 14. The largest absolute Gasteiger partial charge is 0.508 e. The maximum Gasteiger partial charge on any atom is 0.326 e. The summed E-state index contributed by atoms with van der Waals surface area (Å²) in [6.07, 6.45) is 0.509. The predicted molar refractivity (Wildman–Crippen MR) is 142 cm³/mol. The number of aliphatic carboxylic acids is 1. The number of aliphatic hydroxyl groups excluding tert-OH is 1. The van der Waals surface area contributed by atoms with Crippen LogP contribution in [-0.2, 0) is 32.0 Å². The summed E-state index contributed by atoms with van der Waals surface area (Å²) >= 11 is 0. The quantitative estimate of drug-likeness (QED) is 0.158. The van der Waals surface area contributed by atoms with Crippen LogP contribution in [0.1, 0.15) is 31.4 Å². The van der Waals surface area contributed by atoms with E-state index in [2.05, 4.69) is 16.0 Å². The monoisotopic (exact) mass is 544 g/mol. The number of hydrogen-bond acceptors (Lipinski definition) is 8. The molecule has 5 unspecified atom stereocenters. The van der Waals surface area contributed by atoms with Crippen LogP contribution in [0, 0.1) is 5.92 Å². The molecule has 0 spiro atoms. The van der Waals surface area contributed by atoms with E-state index in [9.17, 15) is 39.6 Å². The minimum absolute atomic E-state index is 0.00299. The molecule has 9 N–H and O–H groups in total. The van der Waals surface area contributed by atoms with Gasteiger partial charge in [-0.3, -0.25) is 14.4 Å². The summed E-state index contributed by atoms with van der Waals surface area (Å²) in [5.41, 5.74) is 7.13. The molecule has 2 aromatic rings. The average Bonchev–Trinajstić information content (AvgIpc) is 2.91. The van der Waals surface area contributed by atoms with E-state index in [-0.39, 0.29) is 30.3 Å². The Bertz CT molecular complexity index is 1120. The number of aliphatic hydroxyl groups is 1. The molecule has 0 aliphatic heterocycles. The number of amides is 3. The van der Waals surface area contributed by atoms with Crippen molar-refractivity contribution in [3.8, 4) is 11.5 Å². The molecular weight excluding hydrogens is 508 g/mol. The first-order valence-electron chi connectivity index (χ1n) is 12.5. The van der Waals surface area contributed by atoms with E-state index in [1.54, 1.807) is 19.1 Å². The molecule has 0 saturated carbocycles. The van der Waals surface area contributed by atoms with Crippen molar-refractivity contribution >= 4 is 23.7 Å². The van der Waals surface area contributed by atoms with Crippen LogP contribution >= 0.6 is 0 Å². The number of aromatic hydroxyl groups is 2. The van der Waals surface area contributed by atoms with Gasteiger partial charge in [0, 0.05) is 12.8 Å². The molecule has 5 atom stereocenters. The number of carbonyl (C=O) groups is 4. The van der Waals surface area contributed by atoms with Gasteiger partial charge in [0.2, 0.25) is 17.7 Å². The highest BCUT2D eigenvalue weighted by Crippen LogP contribution is 2.13. The van der Waals surface area contributed by atoms with Gasteiger partial charge in [-0.05, 0) is 41.3 Å². The van der Waals surface area contributed by atoms with Crippen LogP contribution in [0.15, 0.2) is 48.5 Å². The van der Waals surface area contributed by atoms with Crippen LogP contribution < -0.4 is 21.7 Å². The zero-order chi connectivity index (χ0) is 29.1. The molecule has 0 saturated heterocycles. The average molecular weight is 545 g/mol. The lowest BCUT2D eigenvalue weighted by molar-refractivity contribution is -0.142. The van der Waals surface area contributed by atoms with Crippen molar-refractivity contribution in [2.75, 3.05) is 6.61 Å². The molecule has 0 bridgehead atoms. The molecular formula is C27H36N4O8. The standard InChI is InChI=1S/C27H36N4O8/c1-3-15(2)23(28)26(37)29-20(12-16-4-8-18(33)9-5-16)24(35)31-22(14-32)25(36)30-21(27(38)39)13-17-6-10-19(34)11-7-17/h4-11,15,20-23,32-34H,3,12-14,28H2,1-2H3,(H,29,37)(H,30,36)(H,31,35)(H,38,39). The van der Waals surface area contributed by atoms with Gasteiger partial charge in [0.25, 0.3) is 0 Å². The molecule has 2 rings (SSSR count). The van der Waals surface area contributed by atoms with Gasteiger partial charge >= 0.3 is 5.97 Å². The van der Waals surface area contributed by atoms with Crippen molar-refractivity contribution < 1.29 is 39.6 Å². The number of carboxylic acid groups (broad SMARTS) is 1. The number of hydrogen-bond donors (Lipinski definition) is 8. The van der Waals surface area contributed by atoms with E-state index in [4.69, 9.17) is 5.73 Å². The summed E-state index contributed by atoms with van der Waals surface area (Å²) in [4.78, 5) is 50.5. The second-order valence-corrected chi connectivity index (χ2v) is 9.36. The normalized spacial score (nSPS) is 14.8. The predicted octanol–water partition coefficient (Wildman–Crippen LogP) is -0.212. The third kappa shape index (κ3) is 9.58. The van der Waals surface area contributed by atoms with Crippen LogP contribution in [0.5, 0.6) is 11.5 Å². The molecule has 39 heavy (non-hydrogen) atoms. The summed E-state index contributed by atoms with van der Waals surface area (Å²) in [6, 6.07) is 6.75. The fourth-order valence-corrected chi connectivity index (χ4v) is 3.66. The van der Waals surface area contributed by atoms with Gasteiger partial charge in [-0.2, -0.15) is 0 Å². The highest BCUT2D eigenvalue weighted by molar-refractivity contribution is 5.94.